The number of halogens is 6. The van der Waals surface area contributed by atoms with Gasteiger partial charge in [0.05, 0.1) is 63.7 Å². The van der Waals surface area contributed by atoms with Crippen molar-refractivity contribution in [1.29, 1.82) is 0 Å². The van der Waals surface area contributed by atoms with Gasteiger partial charge in [0.15, 0.2) is 0 Å². The average Bonchev–Trinajstić information content (AvgIpc) is 1.66. The summed E-state index contributed by atoms with van der Waals surface area (Å²) in [6.45, 7) is 21.7. The van der Waals surface area contributed by atoms with E-state index in [0.717, 1.165) is 17.7 Å². The van der Waals surface area contributed by atoms with Crippen molar-refractivity contribution in [3.05, 3.63) is 157 Å². The normalized spacial score (nSPS) is 13.9. The number of nitrogens with zero attached hydrogens (tertiary/aromatic N) is 6. The van der Waals surface area contributed by atoms with E-state index in [1.807, 2.05) is 31.2 Å². The molecular formula is C74H94F6N8O19. The van der Waals surface area contributed by atoms with Gasteiger partial charge in [-0.25, -0.2) is 19.2 Å². The van der Waals surface area contributed by atoms with E-state index in [-0.39, 0.29) is 54.7 Å². The van der Waals surface area contributed by atoms with Crippen LogP contribution in [0.5, 0.6) is 5.75 Å². The van der Waals surface area contributed by atoms with Gasteiger partial charge in [0.2, 0.25) is 0 Å². The van der Waals surface area contributed by atoms with Gasteiger partial charge in [0.1, 0.15) is 39.5 Å². The number of ether oxygens (including phenoxy) is 10. The van der Waals surface area contributed by atoms with Crippen molar-refractivity contribution < 1.29 is 107 Å². The molecule has 27 nitrogen and oxygen atoms in total. The summed E-state index contributed by atoms with van der Waals surface area (Å²) < 4.78 is 158. The van der Waals surface area contributed by atoms with Gasteiger partial charge < -0.3 is 71.3 Å². The number of anilines is 2. The lowest BCUT2D eigenvalue weighted by molar-refractivity contribution is -0.311. The van der Waals surface area contributed by atoms with Gasteiger partial charge in [-0.05, 0) is 177 Å². The van der Waals surface area contributed by atoms with Crippen LogP contribution in [0.25, 0.3) is 23.2 Å². The number of aliphatic hydroxyl groups excluding tert-OH is 1. The van der Waals surface area contributed by atoms with Gasteiger partial charge in [-0.15, -0.1) is 20.4 Å². The zero-order chi connectivity index (χ0) is 79.7. The second kappa shape index (κ2) is 36.4. The fraction of sp³-hybridized carbons (Fsp3) is 0.514. The molecule has 7 aromatic rings. The van der Waals surface area contributed by atoms with Gasteiger partial charge in [0.25, 0.3) is 45.9 Å². The second-order valence-electron chi connectivity index (χ2n) is 28.9. The molecule has 4 atom stereocenters. The van der Waals surface area contributed by atoms with Gasteiger partial charge in [-0.1, -0.05) is 72.8 Å². The molecular weight excluding hydrogens is 1420 g/mol. The molecule has 3 N–H and O–H groups in total. The summed E-state index contributed by atoms with van der Waals surface area (Å²) in [5, 5.41) is 24.6. The van der Waals surface area contributed by atoms with E-state index in [9.17, 15) is 33.9 Å². The first-order valence-electron chi connectivity index (χ1n) is 34.0. The standard InChI is InChI=1S/C41H51F3N4O10.C33H43F3N4O9/c1-26-22-31(48(36(50)57-38(3,4)5)37(51)58-39(6,7)8)32(45-33(26)49)34-46-47-35(56-34)40(41(42,43)44,55-24-28-15-11-10-12-16-28)25-53-21-13-14-27(2)54-23-29-17-19-30(52-9)20-18-29;1-20-17-23(40(28(43)48-30(3,4)5)29(44)49-31(6,7)8)24(37-25(20)42)26-38-39-27(47-26)32(33(34,35)36,19-45-16-12-13-21(2)41)46-18-22-14-10-9-11-15-22/h10-12,15-20,22,27H,13-14,21,23-25H2,1-9H3,(H,45,49);9-11,14-15,17,21,41H,12-13,16,18-19H2,1-8H3,(H,37,42)/t27-,40?;21-,32?/m00/s1. The van der Waals surface area contributed by atoms with E-state index in [0.29, 0.717) is 46.1 Å². The zero-order valence-corrected chi connectivity index (χ0v) is 62.9. The fourth-order valence-electron chi connectivity index (χ4n) is 9.55. The molecule has 3 aromatic carbocycles. The van der Waals surface area contributed by atoms with Crippen LogP contribution in [0.15, 0.2) is 115 Å². The summed E-state index contributed by atoms with van der Waals surface area (Å²) in [6, 6.07) is 25.9. The summed E-state index contributed by atoms with van der Waals surface area (Å²) in [5.41, 5.74) is -12.3. The van der Waals surface area contributed by atoms with Crippen LogP contribution in [0.4, 0.5) is 56.9 Å². The van der Waals surface area contributed by atoms with Crippen LogP contribution in [0.3, 0.4) is 0 Å². The summed E-state index contributed by atoms with van der Waals surface area (Å²) >= 11 is 0. The molecule has 586 valence electrons. The molecule has 0 saturated carbocycles. The Morgan fingerprint density at radius 3 is 1.18 bits per heavy atom. The number of aryl methyl sites for hydroxylation is 2. The minimum atomic E-state index is -5.19. The first kappa shape index (κ1) is 86.4. The maximum Gasteiger partial charge on any atom is 0.428 e. The smallest absolute Gasteiger partial charge is 0.428 e. The van der Waals surface area contributed by atoms with Crippen molar-refractivity contribution in [2.45, 2.75) is 214 Å². The number of nitrogens with one attached hydrogen (secondary N) is 2. The predicted molar refractivity (Wildman–Crippen MR) is 377 cm³/mol. The molecule has 4 heterocycles. The third kappa shape index (κ3) is 25.0. The summed E-state index contributed by atoms with van der Waals surface area (Å²) in [7, 11) is 1.58. The lowest BCUT2D eigenvalue weighted by atomic mass is 10.0. The fourth-order valence-corrected chi connectivity index (χ4v) is 9.55. The van der Waals surface area contributed by atoms with Crippen LogP contribution in [-0.4, -0.2) is 140 Å². The number of H-pyrrole nitrogens is 2. The highest BCUT2D eigenvalue weighted by Gasteiger charge is 2.63. The molecule has 0 radical (unpaired) electrons. The molecule has 4 amide bonds. The van der Waals surface area contributed by atoms with Crippen molar-refractivity contribution in [2.24, 2.45) is 0 Å². The number of aromatic amines is 2. The molecule has 7 rings (SSSR count). The van der Waals surface area contributed by atoms with Crippen LogP contribution in [0, 0.1) is 13.8 Å². The van der Waals surface area contributed by atoms with Crippen molar-refractivity contribution in [2.75, 3.05) is 43.3 Å². The molecule has 4 aromatic heterocycles. The van der Waals surface area contributed by atoms with E-state index in [2.05, 4.69) is 30.4 Å². The Morgan fingerprint density at radius 2 is 0.850 bits per heavy atom. The molecule has 33 heteroatoms. The van der Waals surface area contributed by atoms with E-state index in [1.54, 1.807) is 158 Å². The number of methoxy groups -OCH3 is 1. The minimum Gasteiger partial charge on any atom is -0.497 e. The van der Waals surface area contributed by atoms with Gasteiger partial charge in [0, 0.05) is 24.3 Å². The maximum absolute atomic E-state index is 15.4. The molecule has 0 aliphatic rings. The lowest BCUT2D eigenvalue weighted by Gasteiger charge is -2.32. The van der Waals surface area contributed by atoms with Gasteiger partial charge in [-0.2, -0.15) is 36.1 Å². The van der Waals surface area contributed by atoms with E-state index in [1.165, 1.54) is 13.8 Å². The van der Waals surface area contributed by atoms with Crippen molar-refractivity contribution in [3.8, 4) is 28.9 Å². The average molecular weight is 1510 g/mol. The Labute approximate surface area is 614 Å². The SMILES string of the molecule is COc1ccc(CO[C@@H](C)CCCOCC(OCc2ccccc2)(c2nnc(-c3[nH]c(=O)c(C)cc3N(C(=O)OC(C)(C)C)C(=O)OC(C)(C)C)o2)C(F)(F)F)cc1.Cc1cc(N(C(=O)OC(C)(C)C)C(=O)OC(C)(C)C)c(-c2nnc(C(COCCC[C@H](C)O)(OCc3ccccc3)C(F)(F)F)o2)[nH]c1=O. The predicted octanol–water partition coefficient (Wildman–Crippen LogP) is 15.4. The summed E-state index contributed by atoms with van der Waals surface area (Å²) in [4.78, 5) is 85.6. The molecule has 0 spiro atoms. The largest absolute Gasteiger partial charge is 0.497 e. The lowest BCUT2D eigenvalue weighted by Crippen LogP contribution is -2.49. The van der Waals surface area contributed by atoms with E-state index in [4.69, 9.17) is 56.2 Å². The quantitative estimate of drug-likeness (QED) is 0.0233. The molecule has 0 aliphatic carbocycles. The van der Waals surface area contributed by atoms with Crippen LogP contribution >= 0.6 is 0 Å². The Bertz CT molecular complexity index is 4120. The second-order valence-corrected chi connectivity index (χ2v) is 28.9. The van der Waals surface area contributed by atoms with E-state index < -0.39 is 149 Å². The molecule has 0 fully saturated rings. The number of pyridine rings is 2. The number of aromatic nitrogens is 6. The van der Waals surface area contributed by atoms with Crippen molar-refractivity contribution in [3.63, 3.8) is 0 Å². The Morgan fingerprint density at radius 1 is 0.505 bits per heavy atom. The van der Waals surface area contributed by atoms with Crippen LogP contribution in [0.2, 0.25) is 0 Å². The number of hydrogen-bond acceptors (Lipinski definition) is 23. The maximum atomic E-state index is 15.4. The number of amides is 4. The number of hydrogen-bond donors (Lipinski definition) is 3. The summed E-state index contributed by atoms with van der Waals surface area (Å²) in [5.74, 6) is -2.79. The zero-order valence-electron chi connectivity index (χ0n) is 62.9. The number of aliphatic hydroxyl groups is 1. The molecule has 2 unspecified atom stereocenters. The highest BCUT2D eigenvalue weighted by atomic mass is 19.4. The highest BCUT2D eigenvalue weighted by Crippen LogP contribution is 2.46. The topological polar surface area (TPSA) is 331 Å². The minimum absolute atomic E-state index is 0.0250. The number of carbonyl (C=O) groups excluding carboxylic acids is 4. The number of imide groups is 2. The Kier molecular flexibility index (Phi) is 29.4. The number of rotatable bonds is 28. The number of benzene rings is 3. The summed E-state index contributed by atoms with van der Waals surface area (Å²) in [6.07, 6.45) is -14.8. The van der Waals surface area contributed by atoms with Crippen LogP contribution in [-0.2, 0) is 73.7 Å². The molecule has 107 heavy (non-hydrogen) atoms. The Balaban J connectivity index is 0.000000340. The molecule has 0 aliphatic heterocycles. The van der Waals surface area contributed by atoms with Crippen LogP contribution in [0.1, 0.15) is 162 Å². The van der Waals surface area contributed by atoms with E-state index >= 15 is 26.3 Å². The first-order valence-corrected chi connectivity index (χ1v) is 34.0. The third-order valence-corrected chi connectivity index (χ3v) is 14.9. The first-order chi connectivity index (χ1) is 49.8. The van der Waals surface area contributed by atoms with Gasteiger partial charge in [-0.3, -0.25) is 9.59 Å². The van der Waals surface area contributed by atoms with Crippen molar-refractivity contribution >= 4 is 35.7 Å². The molecule has 0 bridgehead atoms. The number of alkyl halides is 6. The Hall–Kier alpha value is -9.54. The third-order valence-electron chi connectivity index (χ3n) is 14.9. The van der Waals surface area contributed by atoms with Gasteiger partial charge >= 0.3 is 36.7 Å². The monoisotopic (exact) mass is 1510 g/mol. The number of carbonyl (C=O) groups is 4. The highest BCUT2D eigenvalue weighted by molar-refractivity contribution is 6.12. The molecule has 0 saturated heterocycles. The van der Waals surface area contributed by atoms with Crippen LogP contribution < -0.4 is 25.7 Å². The van der Waals surface area contributed by atoms with Crippen molar-refractivity contribution in [1.82, 2.24) is 30.4 Å².